The summed E-state index contributed by atoms with van der Waals surface area (Å²) in [6, 6.07) is 4.62. The van der Waals surface area contributed by atoms with E-state index in [0.717, 1.165) is 12.1 Å². The van der Waals surface area contributed by atoms with E-state index in [1.807, 2.05) is 0 Å². The lowest BCUT2D eigenvalue weighted by Gasteiger charge is -2.26. The lowest BCUT2D eigenvalue weighted by atomic mass is 10.1. The van der Waals surface area contributed by atoms with E-state index in [2.05, 4.69) is 10.3 Å². The first-order valence-electron chi connectivity index (χ1n) is 7.63. The van der Waals surface area contributed by atoms with Crippen molar-refractivity contribution in [2.24, 2.45) is 0 Å². The van der Waals surface area contributed by atoms with Gasteiger partial charge in [0.2, 0.25) is 0 Å². The van der Waals surface area contributed by atoms with E-state index >= 15 is 0 Å². The number of nitrogens with one attached hydrogen (secondary N) is 1. The Morgan fingerprint density at radius 3 is 2.40 bits per heavy atom. The summed E-state index contributed by atoms with van der Waals surface area (Å²) in [7, 11) is 0. The Balaban J connectivity index is 1.78. The number of hydrogen-bond donors (Lipinski definition) is 1. The molecule has 25 heavy (non-hydrogen) atoms. The SMILES string of the molecule is O=C(Nc1c(F)cccc1F)c1cncc(C(=O)N2CCOCC2)c1. The van der Waals surface area contributed by atoms with Gasteiger partial charge in [0, 0.05) is 25.5 Å². The number of carbonyl (C=O) groups excluding carboxylic acids is 2. The molecular formula is C17H15F2N3O3. The van der Waals surface area contributed by atoms with Gasteiger partial charge in [-0.2, -0.15) is 0 Å². The van der Waals surface area contributed by atoms with Gasteiger partial charge in [0.25, 0.3) is 11.8 Å². The standard InChI is InChI=1S/C17H15F2N3O3/c18-13-2-1-3-14(19)15(13)21-16(23)11-8-12(10-20-9-11)17(24)22-4-6-25-7-5-22/h1-3,8-10H,4-7H2,(H,21,23). The normalized spacial score (nSPS) is 14.2. The van der Waals surface area contributed by atoms with E-state index < -0.39 is 23.2 Å². The van der Waals surface area contributed by atoms with Crippen LogP contribution in [0.3, 0.4) is 0 Å². The molecule has 1 N–H and O–H groups in total. The number of para-hydroxylation sites is 1. The zero-order valence-electron chi connectivity index (χ0n) is 13.2. The largest absolute Gasteiger partial charge is 0.378 e. The third-order valence-corrected chi connectivity index (χ3v) is 3.75. The zero-order valence-corrected chi connectivity index (χ0v) is 13.2. The molecule has 0 unspecified atom stereocenters. The number of hydrogen-bond acceptors (Lipinski definition) is 4. The highest BCUT2D eigenvalue weighted by atomic mass is 19.1. The van der Waals surface area contributed by atoms with Crippen molar-refractivity contribution in [3.05, 3.63) is 59.4 Å². The predicted molar refractivity (Wildman–Crippen MR) is 85.3 cm³/mol. The van der Waals surface area contributed by atoms with Crippen molar-refractivity contribution >= 4 is 17.5 Å². The van der Waals surface area contributed by atoms with E-state index in [4.69, 9.17) is 4.74 Å². The van der Waals surface area contributed by atoms with Crippen molar-refractivity contribution in [3.63, 3.8) is 0 Å². The monoisotopic (exact) mass is 347 g/mol. The number of aromatic nitrogens is 1. The third kappa shape index (κ3) is 3.80. The van der Waals surface area contributed by atoms with Gasteiger partial charge in [-0.3, -0.25) is 14.6 Å². The Morgan fingerprint density at radius 2 is 1.72 bits per heavy atom. The number of carbonyl (C=O) groups is 2. The molecule has 0 bridgehead atoms. The molecule has 2 heterocycles. The number of amides is 2. The maximum atomic E-state index is 13.6. The van der Waals surface area contributed by atoms with Gasteiger partial charge in [-0.15, -0.1) is 0 Å². The minimum absolute atomic E-state index is 0.0294. The van der Waals surface area contributed by atoms with Crippen LogP contribution in [0.5, 0.6) is 0 Å². The highest BCUT2D eigenvalue weighted by Gasteiger charge is 2.20. The first-order chi connectivity index (χ1) is 12.1. The summed E-state index contributed by atoms with van der Waals surface area (Å²) in [5.74, 6) is -2.81. The van der Waals surface area contributed by atoms with Crippen LogP contribution in [0, 0.1) is 11.6 Å². The van der Waals surface area contributed by atoms with E-state index in [-0.39, 0.29) is 17.0 Å². The van der Waals surface area contributed by atoms with Gasteiger partial charge in [-0.05, 0) is 18.2 Å². The van der Waals surface area contributed by atoms with Crippen LogP contribution in [0.2, 0.25) is 0 Å². The van der Waals surface area contributed by atoms with Gasteiger partial charge in [-0.25, -0.2) is 8.78 Å². The van der Waals surface area contributed by atoms with Crippen LogP contribution in [-0.2, 0) is 4.74 Å². The number of morpholine rings is 1. The summed E-state index contributed by atoms with van der Waals surface area (Å²) in [5.41, 5.74) is -0.289. The first-order valence-corrected chi connectivity index (χ1v) is 7.63. The number of anilines is 1. The van der Waals surface area contributed by atoms with Crippen molar-refractivity contribution in [3.8, 4) is 0 Å². The van der Waals surface area contributed by atoms with Gasteiger partial charge in [0.1, 0.15) is 17.3 Å². The average molecular weight is 347 g/mol. The third-order valence-electron chi connectivity index (χ3n) is 3.75. The van der Waals surface area contributed by atoms with Gasteiger partial charge in [-0.1, -0.05) is 6.07 Å². The summed E-state index contributed by atoms with van der Waals surface area (Å²) in [6.07, 6.45) is 2.57. The molecule has 1 aliphatic heterocycles. The molecule has 1 fully saturated rings. The minimum Gasteiger partial charge on any atom is -0.378 e. The van der Waals surface area contributed by atoms with E-state index in [9.17, 15) is 18.4 Å². The molecule has 1 aromatic carbocycles. The summed E-state index contributed by atoms with van der Waals surface area (Å²) in [6.45, 7) is 1.81. The first kappa shape index (κ1) is 17.0. The van der Waals surface area contributed by atoms with Gasteiger partial charge in [0.05, 0.1) is 24.3 Å². The number of pyridine rings is 1. The number of halogens is 2. The predicted octanol–water partition coefficient (Wildman–Crippen LogP) is 2.08. The Hall–Kier alpha value is -2.87. The molecule has 0 spiro atoms. The molecule has 0 radical (unpaired) electrons. The highest BCUT2D eigenvalue weighted by molar-refractivity contribution is 6.06. The topological polar surface area (TPSA) is 71.5 Å². The van der Waals surface area contributed by atoms with Gasteiger partial charge in [0.15, 0.2) is 0 Å². The lowest BCUT2D eigenvalue weighted by Crippen LogP contribution is -2.40. The second-order valence-corrected chi connectivity index (χ2v) is 5.42. The molecule has 1 saturated heterocycles. The second kappa shape index (κ2) is 7.35. The summed E-state index contributed by atoms with van der Waals surface area (Å²) < 4.78 is 32.5. The lowest BCUT2D eigenvalue weighted by molar-refractivity contribution is 0.0302. The molecule has 1 aliphatic rings. The Kier molecular flexibility index (Phi) is 4.99. The van der Waals surface area contributed by atoms with Crippen molar-refractivity contribution in [2.45, 2.75) is 0 Å². The maximum absolute atomic E-state index is 13.6. The van der Waals surface area contributed by atoms with Gasteiger partial charge >= 0.3 is 0 Å². The van der Waals surface area contributed by atoms with Crippen LogP contribution in [0.25, 0.3) is 0 Å². The molecule has 8 heteroatoms. The minimum atomic E-state index is -0.887. The van der Waals surface area contributed by atoms with Crippen LogP contribution >= 0.6 is 0 Å². The molecule has 2 amide bonds. The number of rotatable bonds is 3. The van der Waals surface area contributed by atoms with Crippen molar-refractivity contribution < 1.29 is 23.1 Å². The molecular weight excluding hydrogens is 332 g/mol. The number of nitrogens with zero attached hydrogens (tertiary/aromatic N) is 2. The molecule has 0 atom stereocenters. The Morgan fingerprint density at radius 1 is 1.08 bits per heavy atom. The molecule has 3 rings (SSSR count). The van der Waals surface area contributed by atoms with Crippen LogP contribution in [0.15, 0.2) is 36.7 Å². The van der Waals surface area contributed by atoms with Crippen LogP contribution in [0.1, 0.15) is 20.7 Å². The van der Waals surface area contributed by atoms with Crippen molar-refractivity contribution in [1.82, 2.24) is 9.88 Å². The molecule has 130 valence electrons. The van der Waals surface area contributed by atoms with Crippen LogP contribution in [0.4, 0.5) is 14.5 Å². The fourth-order valence-electron chi connectivity index (χ4n) is 2.43. The summed E-state index contributed by atoms with van der Waals surface area (Å²) in [4.78, 5) is 30.1. The smallest absolute Gasteiger partial charge is 0.257 e. The fraction of sp³-hybridized carbons (Fsp3) is 0.235. The molecule has 1 aromatic heterocycles. The molecule has 0 aliphatic carbocycles. The van der Waals surface area contributed by atoms with Crippen LogP contribution < -0.4 is 5.32 Å². The van der Waals surface area contributed by atoms with E-state index in [1.165, 1.54) is 24.5 Å². The van der Waals surface area contributed by atoms with Crippen LogP contribution in [-0.4, -0.2) is 48.0 Å². The quantitative estimate of drug-likeness (QED) is 0.923. The Labute approximate surface area is 142 Å². The fourth-order valence-corrected chi connectivity index (χ4v) is 2.43. The highest BCUT2D eigenvalue weighted by Crippen LogP contribution is 2.19. The van der Waals surface area contributed by atoms with Crippen molar-refractivity contribution in [2.75, 3.05) is 31.6 Å². The summed E-state index contributed by atoms with van der Waals surface area (Å²) >= 11 is 0. The number of ether oxygens (including phenoxy) is 1. The Bertz CT molecular complexity index is 787. The van der Waals surface area contributed by atoms with E-state index in [0.29, 0.717) is 26.3 Å². The second-order valence-electron chi connectivity index (χ2n) is 5.42. The average Bonchev–Trinajstić information content (AvgIpc) is 2.65. The molecule has 0 saturated carbocycles. The van der Waals surface area contributed by atoms with E-state index in [1.54, 1.807) is 4.90 Å². The number of benzene rings is 1. The van der Waals surface area contributed by atoms with Gasteiger partial charge < -0.3 is 15.0 Å². The molecule has 2 aromatic rings. The van der Waals surface area contributed by atoms with Crippen molar-refractivity contribution in [1.29, 1.82) is 0 Å². The summed E-state index contributed by atoms with van der Waals surface area (Å²) in [5, 5.41) is 2.17. The maximum Gasteiger partial charge on any atom is 0.257 e. The molecule has 6 nitrogen and oxygen atoms in total. The zero-order chi connectivity index (χ0) is 17.8.